The Labute approximate surface area is 124 Å². The second-order valence-electron chi connectivity index (χ2n) is 6.01. The number of hydrogen-bond donors (Lipinski definition) is 2. The molecule has 0 aliphatic heterocycles. The molecule has 0 unspecified atom stereocenters. The van der Waals surface area contributed by atoms with Crippen LogP contribution < -0.4 is 4.72 Å². The fraction of sp³-hybridized carbons (Fsp3) is 0.643. The van der Waals surface area contributed by atoms with E-state index in [4.69, 9.17) is 0 Å². The molecule has 116 valence electrons. The molecule has 1 aromatic heterocycles. The Bertz CT molecular complexity index is 640. The molecule has 2 saturated carbocycles. The van der Waals surface area contributed by atoms with Crippen molar-refractivity contribution in [2.24, 2.45) is 5.92 Å². The van der Waals surface area contributed by atoms with E-state index in [1.54, 1.807) is 4.57 Å². The summed E-state index contributed by atoms with van der Waals surface area (Å²) >= 11 is 0. The minimum atomic E-state index is -3.62. The normalized spacial score (nSPS) is 20.0. The van der Waals surface area contributed by atoms with Crippen molar-refractivity contribution in [1.29, 1.82) is 0 Å². The summed E-state index contributed by atoms with van der Waals surface area (Å²) < 4.78 is 28.8. The number of aromatic carboxylic acids is 1. The lowest BCUT2D eigenvalue weighted by atomic mass is 10.1. The summed E-state index contributed by atoms with van der Waals surface area (Å²) in [5, 5.41) is 9.19. The molecule has 6 nitrogen and oxygen atoms in total. The van der Waals surface area contributed by atoms with Crippen molar-refractivity contribution in [1.82, 2.24) is 9.29 Å². The van der Waals surface area contributed by atoms with Gasteiger partial charge < -0.3 is 9.67 Å². The minimum Gasteiger partial charge on any atom is -0.477 e. The van der Waals surface area contributed by atoms with Crippen molar-refractivity contribution in [3.63, 3.8) is 0 Å². The van der Waals surface area contributed by atoms with Crippen LogP contribution in [0, 0.1) is 5.92 Å². The van der Waals surface area contributed by atoms with Crippen LogP contribution in [0.4, 0.5) is 0 Å². The maximum Gasteiger partial charge on any atom is 0.352 e. The number of sulfonamides is 1. The van der Waals surface area contributed by atoms with Gasteiger partial charge in [-0.15, -0.1) is 0 Å². The number of nitrogens with one attached hydrogen (secondary N) is 1. The molecule has 1 aromatic rings. The standard InChI is InChI=1S/C14H20N2O4S/c17-14(18)13-7-12(9-16(13)11-5-6-11)21(19,20)15-8-10-3-1-2-4-10/h7,9-11,15H,1-6,8H2,(H,17,18). The molecule has 2 fully saturated rings. The van der Waals surface area contributed by atoms with Crippen LogP contribution in [0.1, 0.15) is 55.1 Å². The molecule has 0 atom stereocenters. The first-order valence-corrected chi connectivity index (χ1v) is 8.90. The lowest BCUT2D eigenvalue weighted by molar-refractivity contribution is 0.0685. The first-order valence-electron chi connectivity index (χ1n) is 7.42. The van der Waals surface area contributed by atoms with Crippen LogP contribution in [0.5, 0.6) is 0 Å². The highest BCUT2D eigenvalue weighted by Gasteiger charge is 2.30. The second kappa shape index (κ2) is 5.46. The number of carbonyl (C=O) groups is 1. The fourth-order valence-electron chi connectivity index (χ4n) is 2.95. The zero-order valence-electron chi connectivity index (χ0n) is 11.8. The number of carboxylic acid groups (broad SMARTS) is 1. The van der Waals surface area contributed by atoms with Gasteiger partial charge in [-0.25, -0.2) is 17.9 Å². The molecule has 7 heteroatoms. The molecule has 0 bridgehead atoms. The molecule has 1 heterocycles. The van der Waals surface area contributed by atoms with Crippen LogP contribution >= 0.6 is 0 Å². The van der Waals surface area contributed by atoms with Crippen molar-refractivity contribution < 1.29 is 18.3 Å². The molecule has 0 radical (unpaired) electrons. The Morgan fingerprint density at radius 1 is 1.29 bits per heavy atom. The molecule has 0 aromatic carbocycles. The van der Waals surface area contributed by atoms with Gasteiger partial charge in [-0.2, -0.15) is 0 Å². The molecule has 2 aliphatic rings. The molecule has 0 amide bonds. The van der Waals surface area contributed by atoms with Crippen molar-refractivity contribution >= 4 is 16.0 Å². The van der Waals surface area contributed by atoms with E-state index in [0.717, 1.165) is 38.5 Å². The summed E-state index contributed by atoms with van der Waals surface area (Å²) in [6.45, 7) is 0.444. The fourth-order valence-corrected chi connectivity index (χ4v) is 4.09. The van der Waals surface area contributed by atoms with Crippen LogP contribution in [0.2, 0.25) is 0 Å². The van der Waals surface area contributed by atoms with Crippen molar-refractivity contribution in [2.75, 3.05) is 6.54 Å². The highest BCUT2D eigenvalue weighted by Crippen LogP contribution is 2.37. The summed E-state index contributed by atoms with van der Waals surface area (Å²) in [6.07, 6.45) is 7.71. The number of carboxylic acids is 1. The molecule has 0 saturated heterocycles. The number of rotatable bonds is 6. The van der Waals surface area contributed by atoms with Crippen molar-refractivity contribution in [3.05, 3.63) is 18.0 Å². The SMILES string of the molecule is O=C(O)c1cc(S(=O)(=O)NCC2CCCC2)cn1C1CC1. The molecular weight excluding hydrogens is 292 g/mol. The quantitative estimate of drug-likeness (QED) is 0.841. The number of nitrogens with zero attached hydrogens (tertiary/aromatic N) is 1. The largest absolute Gasteiger partial charge is 0.477 e. The summed E-state index contributed by atoms with van der Waals surface area (Å²) in [5.41, 5.74) is 0.0544. The van der Waals surface area contributed by atoms with Crippen LogP contribution in [-0.4, -0.2) is 30.6 Å². The number of hydrogen-bond acceptors (Lipinski definition) is 3. The third-order valence-corrected chi connectivity index (χ3v) is 5.72. The lowest BCUT2D eigenvalue weighted by Crippen LogP contribution is -2.28. The van der Waals surface area contributed by atoms with Gasteiger partial charge in [0.1, 0.15) is 10.6 Å². The van der Waals surface area contributed by atoms with Gasteiger partial charge in [0, 0.05) is 18.8 Å². The third-order valence-electron chi connectivity index (χ3n) is 4.33. The van der Waals surface area contributed by atoms with E-state index in [9.17, 15) is 18.3 Å². The minimum absolute atomic E-state index is 0.0544. The van der Waals surface area contributed by atoms with Gasteiger partial charge in [0.15, 0.2) is 0 Å². The summed E-state index contributed by atoms with van der Waals surface area (Å²) in [6, 6.07) is 1.40. The molecule has 2 aliphatic carbocycles. The molecule has 3 rings (SSSR count). The van der Waals surface area contributed by atoms with Gasteiger partial charge in [-0.1, -0.05) is 12.8 Å². The Balaban J connectivity index is 1.77. The maximum atomic E-state index is 12.3. The van der Waals surface area contributed by atoms with E-state index >= 15 is 0 Å². The summed E-state index contributed by atoms with van der Waals surface area (Å²) in [7, 11) is -3.62. The van der Waals surface area contributed by atoms with E-state index < -0.39 is 16.0 Å². The monoisotopic (exact) mass is 312 g/mol. The van der Waals surface area contributed by atoms with Gasteiger partial charge >= 0.3 is 5.97 Å². The molecular formula is C14H20N2O4S. The average Bonchev–Trinajstić information content (AvgIpc) is 2.97. The first kappa shape index (κ1) is 14.6. The molecule has 2 N–H and O–H groups in total. The Kier molecular flexibility index (Phi) is 3.79. The van der Waals surface area contributed by atoms with Gasteiger partial charge in [0.2, 0.25) is 10.0 Å². The van der Waals surface area contributed by atoms with E-state index in [2.05, 4.69) is 4.72 Å². The van der Waals surface area contributed by atoms with Gasteiger partial charge in [0.25, 0.3) is 0 Å². The number of aromatic nitrogens is 1. The smallest absolute Gasteiger partial charge is 0.352 e. The van der Waals surface area contributed by atoms with Crippen LogP contribution in [0.3, 0.4) is 0 Å². The second-order valence-corrected chi connectivity index (χ2v) is 7.77. The molecule has 21 heavy (non-hydrogen) atoms. The van der Waals surface area contributed by atoms with E-state index in [-0.39, 0.29) is 16.6 Å². The Morgan fingerprint density at radius 2 is 1.95 bits per heavy atom. The van der Waals surface area contributed by atoms with E-state index in [1.165, 1.54) is 12.3 Å². The summed E-state index contributed by atoms with van der Waals surface area (Å²) in [4.78, 5) is 11.3. The first-order chi connectivity index (χ1) is 9.97. The highest BCUT2D eigenvalue weighted by atomic mass is 32.2. The van der Waals surface area contributed by atoms with Gasteiger partial charge in [-0.05, 0) is 37.7 Å². The van der Waals surface area contributed by atoms with Crippen LogP contribution in [-0.2, 0) is 10.0 Å². The third kappa shape index (κ3) is 3.13. The van der Waals surface area contributed by atoms with Crippen molar-refractivity contribution in [2.45, 2.75) is 49.5 Å². The maximum absolute atomic E-state index is 12.3. The Hall–Kier alpha value is -1.34. The predicted molar refractivity (Wildman–Crippen MR) is 76.8 cm³/mol. The topological polar surface area (TPSA) is 88.4 Å². The molecule has 0 spiro atoms. The average molecular weight is 312 g/mol. The highest BCUT2D eigenvalue weighted by molar-refractivity contribution is 7.89. The van der Waals surface area contributed by atoms with Crippen LogP contribution in [0.25, 0.3) is 0 Å². The van der Waals surface area contributed by atoms with Gasteiger partial charge in [-0.3, -0.25) is 0 Å². The van der Waals surface area contributed by atoms with E-state index in [0.29, 0.717) is 12.5 Å². The Morgan fingerprint density at radius 3 is 2.52 bits per heavy atom. The zero-order chi connectivity index (χ0) is 15.0. The van der Waals surface area contributed by atoms with Gasteiger partial charge in [0.05, 0.1) is 0 Å². The van der Waals surface area contributed by atoms with Crippen molar-refractivity contribution in [3.8, 4) is 0 Å². The van der Waals surface area contributed by atoms with Crippen LogP contribution in [0.15, 0.2) is 17.2 Å². The predicted octanol–water partition coefficient (Wildman–Crippen LogP) is 1.99. The lowest BCUT2D eigenvalue weighted by Gasteiger charge is -2.10. The summed E-state index contributed by atoms with van der Waals surface area (Å²) in [5.74, 6) is -0.677. The van der Waals surface area contributed by atoms with E-state index in [1.807, 2.05) is 0 Å². The zero-order valence-corrected chi connectivity index (χ0v) is 12.6.